The molecule has 4 aromatic rings. The van der Waals surface area contributed by atoms with Crippen LogP contribution in [0.5, 0.6) is 0 Å². The van der Waals surface area contributed by atoms with Gasteiger partial charge in [0.15, 0.2) is 0 Å². The molecule has 164 valence electrons. The Labute approximate surface area is 186 Å². The summed E-state index contributed by atoms with van der Waals surface area (Å²) in [4.78, 5) is 27.2. The van der Waals surface area contributed by atoms with E-state index in [-0.39, 0.29) is 30.9 Å². The van der Waals surface area contributed by atoms with E-state index in [4.69, 9.17) is 8.83 Å². The number of hydrogen-bond donors (Lipinski definition) is 2. The number of benzene rings is 2. The van der Waals surface area contributed by atoms with Crippen LogP contribution < -0.4 is 10.6 Å². The average molecular weight is 431 g/mol. The van der Waals surface area contributed by atoms with Gasteiger partial charge in [-0.15, -0.1) is 0 Å². The van der Waals surface area contributed by atoms with Crippen molar-refractivity contribution >= 4 is 28.5 Å². The summed E-state index contributed by atoms with van der Waals surface area (Å²) < 4.78 is 11.2. The maximum Gasteiger partial charge on any atom is 0.253 e. The first-order valence-corrected chi connectivity index (χ1v) is 10.4. The molecule has 4 rings (SSSR count). The van der Waals surface area contributed by atoms with Crippen LogP contribution in [0.25, 0.3) is 11.0 Å². The molecule has 7 heteroatoms. The van der Waals surface area contributed by atoms with E-state index >= 15 is 0 Å². The summed E-state index contributed by atoms with van der Waals surface area (Å²) in [6, 6.07) is 20.2. The van der Waals surface area contributed by atoms with E-state index in [9.17, 15) is 9.59 Å². The highest BCUT2D eigenvalue weighted by Crippen LogP contribution is 2.26. The predicted octanol–water partition coefficient (Wildman–Crippen LogP) is 4.59. The number of rotatable bonds is 8. The van der Waals surface area contributed by atoms with Crippen molar-refractivity contribution in [3.05, 3.63) is 90.1 Å². The molecule has 0 fully saturated rings. The second-order valence-electron chi connectivity index (χ2n) is 7.63. The molecule has 1 unspecified atom stereocenters. The second kappa shape index (κ2) is 9.53. The lowest BCUT2D eigenvalue weighted by molar-refractivity contribution is -0.117. The lowest BCUT2D eigenvalue weighted by Gasteiger charge is -2.22. The first kappa shape index (κ1) is 21.4. The minimum absolute atomic E-state index is 0.0972. The number of nitrogens with zero attached hydrogens (tertiary/aromatic N) is 1. The van der Waals surface area contributed by atoms with Gasteiger partial charge in [-0.3, -0.25) is 14.5 Å². The molecule has 0 saturated carbocycles. The third kappa shape index (κ3) is 4.90. The number of hydrogen-bond acceptors (Lipinski definition) is 5. The maximum absolute atomic E-state index is 12.7. The van der Waals surface area contributed by atoms with Crippen molar-refractivity contribution in [2.24, 2.45) is 0 Å². The predicted molar refractivity (Wildman–Crippen MR) is 122 cm³/mol. The van der Waals surface area contributed by atoms with E-state index in [1.165, 1.54) is 0 Å². The van der Waals surface area contributed by atoms with Crippen LogP contribution >= 0.6 is 0 Å². The minimum atomic E-state index is -0.290. The summed E-state index contributed by atoms with van der Waals surface area (Å²) in [5.74, 6) is 0.934. The largest absolute Gasteiger partial charge is 0.467 e. The summed E-state index contributed by atoms with van der Waals surface area (Å²) in [5, 5.41) is 6.68. The Kier molecular flexibility index (Phi) is 6.37. The van der Waals surface area contributed by atoms with Gasteiger partial charge in [0, 0.05) is 5.39 Å². The van der Waals surface area contributed by atoms with Crippen molar-refractivity contribution in [3.63, 3.8) is 0 Å². The molecule has 7 nitrogen and oxygen atoms in total. The SMILES string of the molecule is CC(c1cc2ccccc2o1)N(C)CC(=O)Nc1ccccc1C(=O)NCc1ccco1. The van der Waals surface area contributed by atoms with Gasteiger partial charge in [-0.05, 0) is 50.4 Å². The molecule has 0 aliphatic rings. The third-order valence-electron chi connectivity index (χ3n) is 5.36. The van der Waals surface area contributed by atoms with Crippen LogP contribution in [0.3, 0.4) is 0 Å². The normalized spacial score (nSPS) is 12.1. The summed E-state index contributed by atoms with van der Waals surface area (Å²) in [5.41, 5.74) is 1.67. The van der Waals surface area contributed by atoms with Crippen LogP contribution in [0.2, 0.25) is 0 Å². The van der Waals surface area contributed by atoms with E-state index < -0.39 is 0 Å². The van der Waals surface area contributed by atoms with Crippen molar-refractivity contribution in [2.75, 3.05) is 18.9 Å². The molecule has 0 bridgehead atoms. The highest BCUT2D eigenvalue weighted by atomic mass is 16.3. The van der Waals surface area contributed by atoms with Crippen LogP contribution in [0.1, 0.15) is 34.8 Å². The van der Waals surface area contributed by atoms with Crippen molar-refractivity contribution < 1.29 is 18.4 Å². The number of para-hydroxylation sites is 2. The highest BCUT2D eigenvalue weighted by molar-refractivity contribution is 6.04. The van der Waals surface area contributed by atoms with E-state index in [0.29, 0.717) is 17.0 Å². The molecular formula is C25H25N3O4. The lowest BCUT2D eigenvalue weighted by atomic mass is 10.1. The second-order valence-corrected chi connectivity index (χ2v) is 7.63. The fourth-order valence-corrected chi connectivity index (χ4v) is 3.44. The zero-order chi connectivity index (χ0) is 22.5. The maximum atomic E-state index is 12.7. The van der Waals surface area contributed by atoms with Crippen LogP contribution in [-0.4, -0.2) is 30.3 Å². The van der Waals surface area contributed by atoms with Gasteiger partial charge in [0.25, 0.3) is 5.91 Å². The number of nitrogens with one attached hydrogen (secondary N) is 2. The standard InChI is InChI=1S/C25H25N3O4/c1-17(23-14-18-8-3-6-12-22(18)32-23)28(2)16-24(29)27-21-11-5-4-10-20(21)25(30)26-15-19-9-7-13-31-19/h3-14,17H,15-16H2,1-2H3,(H,26,30)(H,27,29). The Morgan fingerprint density at radius 2 is 1.81 bits per heavy atom. The highest BCUT2D eigenvalue weighted by Gasteiger charge is 2.20. The molecule has 2 aromatic carbocycles. The number of furan rings is 2. The molecule has 2 N–H and O–H groups in total. The molecule has 32 heavy (non-hydrogen) atoms. The molecular weight excluding hydrogens is 406 g/mol. The van der Waals surface area contributed by atoms with Crippen molar-refractivity contribution in [1.29, 1.82) is 0 Å². The average Bonchev–Trinajstić information content (AvgIpc) is 3.47. The topological polar surface area (TPSA) is 87.7 Å². The van der Waals surface area contributed by atoms with Gasteiger partial charge in [-0.25, -0.2) is 0 Å². The van der Waals surface area contributed by atoms with Gasteiger partial charge in [0.1, 0.15) is 17.1 Å². The van der Waals surface area contributed by atoms with Gasteiger partial charge < -0.3 is 19.5 Å². The smallest absolute Gasteiger partial charge is 0.253 e. The number of anilines is 1. The lowest BCUT2D eigenvalue weighted by Crippen LogP contribution is -2.33. The van der Waals surface area contributed by atoms with Gasteiger partial charge in [-0.2, -0.15) is 0 Å². The molecule has 1 atom stereocenters. The monoisotopic (exact) mass is 431 g/mol. The van der Waals surface area contributed by atoms with Crippen molar-refractivity contribution in [3.8, 4) is 0 Å². The molecule has 0 spiro atoms. The van der Waals surface area contributed by atoms with E-state index in [1.54, 1.807) is 42.7 Å². The molecule has 0 radical (unpaired) electrons. The Morgan fingerprint density at radius 3 is 2.59 bits per heavy atom. The fraction of sp³-hybridized carbons (Fsp3) is 0.200. The first-order chi connectivity index (χ1) is 15.5. The van der Waals surface area contributed by atoms with E-state index in [0.717, 1.165) is 16.7 Å². The summed E-state index contributed by atoms with van der Waals surface area (Å²) in [6.07, 6.45) is 1.55. The first-order valence-electron chi connectivity index (χ1n) is 10.4. The Bertz CT molecular complexity index is 1180. The van der Waals surface area contributed by atoms with E-state index in [1.807, 2.05) is 49.2 Å². The van der Waals surface area contributed by atoms with Gasteiger partial charge in [-0.1, -0.05) is 30.3 Å². The van der Waals surface area contributed by atoms with Crippen LogP contribution in [0, 0.1) is 0 Å². The molecule has 0 aliphatic heterocycles. The minimum Gasteiger partial charge on any atom is -0.467 e. The van der Waals surface area contributed by atoms with E-state index in [2.05, 4.69) is 10.6 Å². The Morgan fingerprint density at radius 1 is 1.03 bits per heavy atom. The molecule has 2 heterocycles. The molecule has 2 amide bonds. The quantitative estimate of drug-likeness (QED) is 0.426. The molecule has 0 saturated heterocycles. The van der Waals surface area contributed by atoms with Crippen molar-refractivity contribution in [1.82, 2.24) is 10.2 Å². The number of fused-ring (bicyclic) bond motifs is 1. The molecule has 2 aromatic heterocycles. The number of carbonyl (C=O) groups excluding carboxylic acids is 2. The Balaban J connectivity index is 1.38. The molecule has 0 aliphatic carbocycles. The van der Waals surface area contributed by atoms with Gasteiger partial charge >= 0.3 is 0 Å². The van der Waals surface area contributed by atoms with Crippen LogP contribution in [0.15, 0.2) is 81.8 Å². The number of amides is 2. The fourth-order valence-electron chi connectivity index (χ4n) is 3.44. The summed E-state index contributed by atoms with van der Waals surface area (Å²) in [6.45, 7) is 2.40. The zero-order valence-corrected chi connectivity index (χ0v) is 18.0. The third-order valence-corrected chi connectivity index (χ3v) is 5.36. The van der Waals surface area contributed by atoms with Crippen LogP contribution in [-0.2, 0) is 11.3 Å². The van der Waals surface area contributed by atoms with Gasteiger partial charge in [0.05, 0.1) is 36.6 Å². The number of carbonyl (C=O) groups is 2. The number of likely N-dealkylation sites (N-methyl/N-ethyl adjacent to an activating group) is 1. The van der Waals surface area contributed by atoms with Crippen LogP contribution in [0.4, 0.5) is 5.69 Å². The Hall–Kier alpha value is -3.84. The van der Waals surface area contributed by atoms with Gasteiger partial charge in [0.2, 0.25) is 5.91 Å². The van der Waals surface area contributed by atoms with Crippen molar-refractivity contribution in [2.45, 2.75) is 19.5 Å². The summed E-state index contributed by atoms with van der Waals surface area (Å²) in [7, 11) is 1.86. The zero-order valence-electron chi connectivity index (χ0n) is 18.0. The summed E-state index contributed by atoms with van der Waals surface area (Å²) >= 11 is 0.